The van der Waals surface area contributed by atoms with Crippen LogP contribution in [-0.4, -0.2) is 44.8 Å². The van der Waals surface area contributed by atoms with E-state index in [1.807, 2.05) is 6.07 Å². The molecule has 168 valence electrons. The third kappa shape index (κ3) is 3.69. The van der Waals surface area contributed by atoms with Gasteiger partial charge in [-0.05, 0) is 61.5 Å². The maximum atomic E-state index is 12.5. The van der Waals surface area contributed by atoms with Crippen LogP contribution >= 0.6 is 11.8 Å². The molecule has 0 heterocycles. The summed E-state index contributed by atoms with van der Waals surface area (Å²) in [5, 5.41) is 33.0. The molecular weight excluding hydrogens is 418 g/mol. The Morgan fingerprint density at radius 3 is 2.65 bits per heavy atom. The zero-order valence-electron chi connectivity index (χ0n) is 17.8. The first kappa shape index (κ1) is 22.0. The van der Waals surface area contributed by atoms with E-state index in [-0.39, 0.29) is 28.6 Å². The summed E-state index contributed by atoms with van der Waals surface area (Å²) in [6.07, 6.45) is 4.84. The van der Waals surface area contributed by atoms with E-state index in [1.54, 1.807) is 0 Å². The minimum Gasteiger partial charge on any atom is -0.504 e. The number of amides is 1. The van der Waals surface area contributed by atoms with E-state index in [0.717, 1.165) is 48.6 Å². The Morgan fingerprint density at radius 2 is 1.97 bits per heavy atom. The number of hydrogen-bond donors (Lipinski definition) is 4. The Kier molecular flexibility index (Phi) is 5.70. The second-order valence-corrected chi connectivity index (χ2v) is 10.4. The molecule has 4 N–H and O–H groups in total. The normalized spacial score (nSPS) is 30.1. The number of nitrogens with one attached hydrogen (secondary N) is 1. The van der Waals surface area contributed by atoms with E-state index in [9.17, 15) is 29.7 Å². The minimum atomic E-state index is -1.15. The molecule has 0 bridgehead atoms. The highest BCUT2D eigenvalue weighted by Crippen LogP contribution is 2.61. The summed E-state index contributed by atoms with van der Waals surface area (Å²) in [7, 11) is 0. The predicted octanol–water partition coefficient (Wildman–Crippen LogP) is 3.20. The molecule has 7 nitrogen and oxygen atoms in total. The molecule has 0 aromatic heterocycles. The lowest BCUT2D eigenvalue weighted by molar-refractivity contribution is -0.140. The number of phenols is 2. The van der Waals surface area contributed by atoms with Crippen LogP contribution in [0.2, 0.25) is 0 Å². The van der Waals surface area contributed by atoms with Crippen molar-refractivity contribution in [1.29, 1.82) is 0 Å². The fraction of sp³-hybridized carbons (Fsp3) is 0.609. The summed E-state index contributed by atoms with van der Waals surface area (Å²) in [5.74, 6) is -0.573. The summed E-state index contributed by atoms with van der Waals surface area (Å²) in [6.45, 7) is 3.37. The Balaban J connectivity index is 1.62. The third-order valence-electron chi connectivity index (χ3n) is 7.73. The van der Waals surface area contributed by atoms with E-state index < -0.39 is 17.9 Å². The molecule has 1 aromatic rings. The zero-order valence-corrected chi connectivity index (χ0v) is 18.6. The SMILES string of the molecule is CC(=O)N[C@@H](CSc1cc2c(c(O)c1O)CC[C@@H]1[C@@H]2CC[C@]2(C)C(=O)CC[C@@H]12)C(=O)O. The summed E-state index contributed by atoms with van der Waals surface area (Å²) in [5.41, 5.74) is 1.55. The number of aliphatic carboxylic acids is 1. The average Bonchev–Trinajstić information content (AvgIpc) is 3.02. The lowest BCUT2D eigenvalue weighted by Gasteiger charge is -2.48. The topological polar surface area (TPSA) is 124 Å². The van der Waals surface area contributed by atoms with Crippen molar-refractivity contribution in [2.24, 2.45) is 17.3 Å². The second-order valence-electron chi connectivity index (χ2n) is 9.38. The standard InChI is InChI=1S/C23H29NO6S/c1-11(25)24-17(22(29)30)10-31-18-9-15-12-7-8-23(2)16(5-6-19(23)26)13(12)3-4-14(15)20(27)21(18)28/h9,12-13,16-17,27-28H,3-8,10H2,1-2H3,(H,24,25)(H,29,30)/t12-,13+,16-,17-,23-/m0/s1. The van der Waals surface area contributed by atoms with Gasteiger partial charge in [0.05, 0.1) is 4.90 Å². The number of fused-ring (bicyclic) bond motifs is 5. The monoisotopic (exact) mass is 447 g/mol. The molecule has 0 radical (unpaired) electrons. The van der Waals surface area contributed by atoms with Crippen molar-refractivity contribution in [3.05, 3.63) is 17.2 Å². The number of ketones is 1. The van der Waals surface area contributed by atoms with Crippen LogP contribution in [0.25, 0.3) is 0 Å². The summed E-state index contributed by atoms with van der Waals surface area (Å²) in [6, 6.07) is 0.797. The number of carbonyl (C=O) groups is 3. The van der Waals surface area contributed by atoms with Crippen molar-refractivity contribution in [3.8, 4) is 11.5 Å². The number of Topliss-reactive ketones (excluding diaryl/α,β-unsaturated/α-hetero) is 1. The van der Waals surface area contributed by atoms with Crippen LogP contribution in [0.3, 0.4) is 0 Å². The van der Waals surface area contributed by atoms with Crippen LogP contribution in [0.5, 0.6) is 11.5 Å². The van der Waals surface area contributed by atoms with Gasteiger partial charge in [-0.3, -0.25) is 9.59 Å². The van der Waals surface area contributed by atoms with Crippen molar-refractivity contribution in [3.63, 3.8) is 0 Å². The van der Waals surface area contributed by atoms with E-state index in [2.05, 4.69) is 12.2 Å². The van der Waals surface area contributed by atoms with Crippen LogP contribution in [0.15, 0.2) is 11.0 Å². The summed E-state index contributed by atoms with van der Waals surface area (Å²) >= 11 is 1.11. The van der Waals surface area contributed by atoms with E-state index in [4.69, 9.17) is 0 Å². The van der Waals surface area contributed by atoms with Crippen LogP contribution in [0.4, 0.5) is 0 Å². The molecule has 31 heavy (non-hydrogen) atoms. The van der Waals surface area contributed by atoms with Crippen LogP contribution in [0, 0.1) is 17.3 Å². The van der Waals surface area contributed by atoms with Gasteiger partial charge in [-0.2, -0.15) is 0 Å². The second kappa shape index (κ2) is 8.04. The Morgan fingerprint density at radius 1 is 1.23 bits per heavy atom. The molecule has 2 fully saturated rings. The van der Waals surface area contributed by atoms with Gasteiger partial charge in [-0.15, -0.1) is 11.8 Å². The van der Waals surface area contributed by atoms with Gasteiger partial charge in [0.15, 0.2) is 11.5 Å². The Hall–Kier alpha value is -2.22. The van der Waals surface area contributed by atoms with Gasteiger partial charge in [-0.25, -0.2) is 4.79 Å². The minimum absolute atomic E-state index is 0.0317. The van der Waals surface area contributed by atoms with Gasteiger partial charge < -0.3 is 20.6 Å². The summed E-state index contributed by atoms with van der Waals surface area (Å²) < 4.78 is 0. The average molecular weight is 448 g/mol. The van der Waals surface area contributed by atoms with Crippen molar-refractivity contribution >= 4 is 29.4 Å². The molecule has 1 aromatic carbocycles. The Labute approximate surface area is 185 Å². The van der Waals surface area contributed by atoms with E-state index in [0.29, 0.717) is 35.4 Å². The maximum absolute atomic E-state index is 12.5. The van der Waals surface area contributed by atoms with Gasteiger partial charge in [0.1, 0.15) is 11.8 Å². The lowest BCUT2D eigenvalue weighted by atomic mass is 9.55. The number of carboxylic acids is 1. The molecule has 0 aliphatic heterocycles. The molecule has 8 heteroatoms. The number of carboxylic acid groups (broad SMARTS) is 1. The molecule has 2 saturated carbocycles. The largest absolute Gasteiger partial charge is 0.504 e. The fourth-order valence-electron chi connectivity index (χ4n) is 6.15. The highest BCUT2D eigenvalue weighted by Gasteiger charge is 2.54. The first-order chi connectivity index (χ1) is 14.6. The molecule has 5 atom stereocenters. The smallest absolute Gasteiger partial charge is 0.327 e. The first-order valence-electron chi connectivity index (χ1n) is 10.9. The number of hydrogen-bond acceptors (Lipinski definition) is 6. The van der Waals surface area contributed by atoms with Crippen LogP contribution in [-0.2, 0) is 20.8 Å². The van der Waals surface area contributed by atoms with Gasteiger partial charge in [-0.1, -0.05) is 6.92 Å². The molecule has 0 saturated heterocycles. The van der Waals surface area contributed by atoms with Gasteiger partial charge in [0, 0.05) is 30.1 Å². The molecule has 1 amide bonds. The summed E-state index contributed by atoms with van der Waals surface area (Å²) in [4.78, 5) is 35.7. The highest BCUT2D eigenvalue weighted by atomic mass is 32.2. The molecule has 4 rings (SSSR count). The number of phenolic OH excluding ortho intramolecular Hbond substituents is 2. The molecular formula is C23H29NO6S. The number of aromatic hydroxyl groups is 2. The zero-order chi connectivity index (χ0) is 22.5. The van der Waals surface area contributed by atoms with Crippen molar-refractivity contribution in [2.45, 2.75) is 69.2 Å². The fourth-order valence-corrected chi connectivity index (χ4v) is 7.16. The number of thioether (sulfide) groups is 1. The van der Waals surface area contributed by atoms with Gasteiger partial charge >= 0.3 is 5.97 Å². The van der Waals surface area contributed by atoms with Crippen molar-refractivity contribution < 1.29 is 29.7 Å². The van der Waals surface area contributed by atoms with Gasteiger partial charge in [0.25, 0.3) is 0 Å². The Bertz CT molecular complexity index is 946. The third-order valence-corrected chi connectivity index (χ3v) is 8.86. The highest BCUT2D eigenvalue weighted by molar-refractivity contribution is 7.99. The molecule has 3 aliphatic carbocycles. The van der Waals surface area contributed by atoms with Crippen LogP contribution in [0.1, 0.15) is 63.0 Å². The van der Waals surface area contributed by atoms with Crippen molar-refractivity contribution in [2.75, 3.05) is 5.75 Å². The number of benzene rings is 1. The quantitative estimate of drug-likeness (QED) is 0.404. The number of carbonyl (C=O) groups excluding carboxylic acids is 2. The van der Waals surface area contributed by atoms with Gasteiger partial charge in [0.2, 0.25) is 5.91 Å². The first-order valence-corrected chi connectivity index (χ1v) is 11.9. The van der Waals surface area contributed by atoms with E-state index >= 15 is 0 Å². The van der Waals surface area contributed by atoms with E-state index in [1.165, 1.54) is 6.92 Å². The molecule has 0 unspecified atom stereocenters. The number of rotatable bonds is 5. The molecule has 3 aliphatic rings. The lowest BCUT2D eigenvalue weighted by Crippen LogP contribution is -2.42. The predicted molar refractivity (Wildman–Crippen MR) is 115 cm³/mol. The maximum Gasteiger partial charge on any atom is 0.327 e. The van der Waals surface area contributed by atoms with Crippen LogP contribution < -0.4 is 5.32 Å². The van der Waals surface area contributed by atoms with Crippen molar-refractivity contribution in [1.82, 2.24) is 5.32 Å². The molecule has 0 spiro atoms.